The van der Waals surface area contributed by atoms with Crippen LogP contribution in [0.25, 0.3) is 0 Å². The molecule has 0 unspecified atom stereocenters. The lowest BCUT2D eigenvalue weighted by Crippen LogP contribution is -2.44. The smallest absolute Gasteiger partial charge is 0.317 e. The third kappa shape index (κ3) is 5.96. The van der Waals surface area contributed by atoms with Crippen molar-refractivity contribution in [3.8, 4) is 0 Å². The Morgan fingerprint density at radius 1 is 0.760 bits per heavy atom. The van der Waals surface area contributed by atoms with E-state index in [0.29, 0.717) is 11.8 Å². The number of esters is 2. The van der Waals surface area contributed by atoms with Crippen molar-refractivity contribution in [3.63, 3.8) is 0 Å². The average molecular weight is 354 g/mol. The van der Waals surface area contributed by atoms with Crippen molar-refractivity contribution < 1.29 is 19.1 Å². The number of carbonyl (C=O) groups excluding carboxylic acids is 2. The second-order valence-corrected chi connectivity index (χ2v) is 8.38. The number of rotatable bonds is 6. The SMILES string of the molecule is CC(C)(OC(=O)CC(=O)OC(C)(C)C1CCNCC1)C1CCNCC1. The molecular formula is C19H34N2O4. The van der Waals surface area contributed by atoms with Gasteiger partial charge in [-0.05, 0) is 79.6 Å². The van der Waals surface area contributed by atoms with E-state index in [9.17, 15) is 9.59 Å². The molecule has 6 heteroatoms. The predicted molar refractivity (Wildman–Crippen MR) is 96.1 cm³/mol. The van der Waals surface area contributed by atoms with Crippen LogP contribution in [0.5, 0.6) is 0 Å². The fourth-order valence-electron chi connectivity index (χ4n) is 3.98. The maximum absolute atomic E-state index is 12.2. The summed E-state index contributed by atoms with van der Waals surface area (Å²) in [7, 11) is 0. The Labute approximate surface area is 151 Å². The number of carbonyl (C=O) groups is 2. The Kier molecular flexibility index (Phi) is 6.86. The molecule has 0 amide bonds. The third-order valence-electron chi connectivity index (χ3n) is 5.69. The highest BCUT2D eigenvalue weighted by molar-refractivity contribution is 5.91. The Morgan fingerprint density at radius 3 is 1.40 bits per heavy atom. The molecule has 0 atom stereocenters. The molecule has 0 aliphatic carbocycles. The van der Waals surface area contributed by atoms with Crippen LogP contribution >= 0.6 is 0 Å². The lowest BCUT2D eigenvalue weighted by Gasteiger charge is -2.37. The first kappa shape index (κ1) is 20.2. The molecule has 0 bridgehead atoms. The topological polar surface area (TPSA) is 76.7 Å². The van der Waals surface area contributed by atoms with Gasteiger partial charge in [0.15, 0.2) is 0 Å². The van der Waals surface area contributed by atoms with Crippen LogP contribution in [0.2, 0.25) is 0 Å². The van der Waals surface area contributed by atoms with Crippen LogP contribution in [0.4, 0.5) is 0 Å². The van der Waals surface area contributed by atoms with Crippen LogP contribution in [0, 0.1) is 11.8 Å². The molecule has 2 aliphatic heterocycles. The van der Waals surface area contributed by atoms with Crippen molar-refractivity contribution in [3.05, 3.63) is 0 Å². The maximum Gasteiger partial charge on any atom is 0.317 e. The van der Waals surface area contributed by atoms with E-state index in [2.05, 4.69) is 10.6 Å². The van der Waals surface area contributed by atoms with E-state index < -0.39 is 23.1 Å². The van der Waals surface area contributed by atoms with Gasteiger partial charge in [-0.25, -0.2) is 0 Å². The van der Waals surface area contributed by atoms with Crippen molar-refractivity contribution in [1.82, 2.24) is 10.6 Å². The summed E-state index contributed by atoms with van der Waals surface area (Å²) < 4.78 is 11.3. The molecule has 0 radical (unpaired) electrons. The minimum Gasteiger partial charge on any atom is -0.459 e. The Morgan fingerprint density at radius 2 is 1.08 bits per heavy atom. The molecule has 2 N–H and O–H groups in total. The summed E-state index contributed by atoms with van der Waals surface area (Å²) in [4.78, 5) is 24.5. The standard InChI is InChI=1S/C19H34N2O4/c1-18(2,14-5-9-20-10-6-14)24-16(22)13-17(23)25-19(3,4)15-7-11-21-12-8-15/h14-15,20-21H,5-13H2,1-4H3. The van der Waals surface area contributed by atoms with Crippen molar-refractivity contribution in [2.24, 2.45) is 11.8 Å². The molecule has 0 saturated carbocycles. The zero-order valence-corrected chi connectivity index (χ0v) is 16.2. The van der Waals surface area contributed by atoms with E-state index in [0.717, 1.165) is 51.9 Å². The van der Waals surface area contributed by atoms with Gasteiger partial charge in [0.1, 0.15) is 17.6 Å². The molecule has 0 spiro atoms. The van der Waals surface area contributed by atoms with Gasteiger partial charge in [0.05, 0.1) is 0 Å². The van der Waals surface area contributed by atoms with Gasteiger partial charge in [-0.2, -0.15) is 0 Å². The third-order valence-corrected chi connectivity index (χ3v) is 5.69. The fourth-order valence-corrected chi connectivity index (χ4v) is 3.98. The number of piperidine rings is 2. The van der Waals surface area contributed by atoms with E-state index >= 15 is 0 Å². The monoisotopic (exact) mass is 354 g/mol. The lowest BCUT2D eigenvalue weighted by molar-refractivity contribution is -0.174. The predicted octanol–water partition coefficient (Wildman–Crippen LogP) is 2.02. The van der Waals surface area contributed by atoms with E-state index in [1.807, 2.05) is 27.7 Å². The van der Waals surface area contributed by atoms with Crippen molar-refractivity contribution in [2.75, 3.05) is 26.2 Å². The summed E-state index contributed by atoms with van der Waals surface area (Å²) in [5, 5.41) is 6.62. The normalized spacial score (nSPS) is 21.0. The first-order valence-corrected chi connectivity index (χ1v) is 9.56. The molecule has 0 aromatic carbocycles. The van der Waals surface area contributed by atoms with Gasteiger partial charge < -0.3 is 20.1 Å². The van der Waals surface area contributed by atoms with Gasteiger partial charge in [-0.3, -0.25) is 9.59 Å². The summed E-state index contributed by atoms with van der Waals surface area (Å²) in [5.74, 6) is -0.343. The number of hydrogen-bond donors (Lipinski definition) is 2. The molecule has 6 nitrogen and oxygen atoms in total. The fraction of sp³-hybridized carbons (Fsp3) is 0.895. The summed E-state index contributed by atoms with van der Waals surface area (Å²) in [5.41, 5.74) is -1.10. The minimum atomic E-state index is -0.552. The van der Waals surface area contributed by atoms with Crippen LogP contribution in [-0.2, 0) is 19.1 Å². The Balaban J connectivity index is 1.81. The first-order valence-electron chi connectivity index (χ1n) is 9.56. The molecule has 0 aromatic rings. The van der Waals surface area contributed by atoms with Crippen molar-refractivity contribution >= 4 is 11.9 Å². The van der Waals surface area contributed by atoms with Crippen LogP contribution in [0.3, 0.4) is 0 Å². The quantitative estimate of drug-likeness (QED) is 0.561. The van der Waals surface area contributed by atoms with Crippen LogP contribution in [0.1, 0.15) is 59.8 Å². The van der Waals surface area contributed by atoms with Crippen molar-refractivity contribution in [1.29, 1.82) is 0 Å². The zero-order valence-electron chi connectivity index (χ0n) is 16.2. The molecule has 2 heterocycles. The number of nitrogens with one attached hydrogen (secondary N) is 2. The molecule has 0 aromatic heterocycles. The summed E-state index contributed by atoms with van der Waals surface area (Å²) in [6.07, 6.45) is 3.60. The summed E-state index contributed by atoms with van der Waals surface area (Å²) in [6.45, 7) is 11.5. The maximum atomic E-state index is 12.2. The van der Waals surface area contributed by atoms with Gasteiger partial charge in [0, 0.05) is 11.8 Å². The molecule has 144 valence electrons. The highest BCUT2D eigenvalue weighted by Crippen LogP contribution is 2.31. The van der Waals surface area contributed by atoms with Crippen LogP contribution in [0.15, 0.2) is 0 Å². The molecular weight excluding hydrogens is 320 g/mol. The van der Waals surface area contributed by atoms with Crippen LogP contribution < -0.4 is 10.6 Å². The van der Waals surface area contributed by atoms with Gasteiger partial charge in [0.25, 0.3) is 0 Å². The number of ether oxygens (including phenoxy) is 2. The van der Waals surface area contributed by atoms with E-state index in [4.69, 9.17) is 9.47 Å². The van der Waals surface area contributed by atoms with Gasteiger partial charge in [-0.15, -0.1) is 0 Å². The van der Waals surface area contributed by atoms with E-state index in [1.54, 1.807) is 0 Å². The molecule has 2 rings (SSSR count). The zero-order chi connectivity index (χ0) is 18.5. The second kappa shape index (κ2) is 8.49. The molecule has 2 aliphatic rings. The Bertz CT molecular complexity index is 422. The minimum absolute atomic E-state index is 0.317. The highest BCUT2D eigenvalue weighted by atomic mass is 16.6. The average Bonchev–Trinajstić information content (AvgIpc) is 2.55. The van der Waals surface area contributed by atoms with E-state index in [-0.39, 0.29) is 6.42 Å². The van der Waals surface area contributed by atoms with Gasteiger partial charge in [-0.1, -0.05) is 0 Å². The molecule has 2 saturated heterocycles. The second-order valence-electron chi connectivity index (χ2n) is 8.38. The first-order chi connectivity index (χ1) is 11.7. The van der Waals surface area contributed by atoms with Crippen molar-refractivity contribution in [2.45, 2.75) is 71.0 Å². The summed E-state index contributed by atoms with van der Waals surface area (Å²) >= 11 is 0. The van der Waals surface area contributed by atoms with E-state index in [1.165, 1.54) is 0 Å². The molecule has 2 fully saturated rings. The van der Waals surface area contributed by atoms with Gasteiger partial charge in [0.2, 0.25) is 0 Å². The number of hydrogen-bond acceptors (Lipinski definition) is 6. The Hall–Kier alpha value is -1.14. The lowest BCUT2D eigenvalue weighted by atomic mass is 9.83. The summed E-state index contributed by atoms with van der Waals surface area (Å²) in [6, 6.07) is 0. The highest BCUT2D eigenvalue weighted by Gasteiger charge is 2.37. The van der Waals surface area contributed by atoms with Gasteiger partial charge >= 0.3 is 11.9 Å². The molecule has 25 heavy (non-hydrogen) atoms. The van der Waals surface area contributed by atoms with Crippen LogP contribution in [-0.4, -0.2) is 49.3 Å². The largest absolute Gasteiger partial charge is 0.459 e.